The largest absolute Gasteiger partial charge is 0.497 e. The van der Waals surface area contributed by atoms with E-state index in [0.29, 0.717) is 17.1 Å². The molecule has 0 aliphatic carbocycles. The molecule has 0 heterocycles. The van der Waals surface area contributed by atoms with E-state index in [-0.39, 0.29) is 11.3 Å². The third-order valence-electron chi connectivity index (χ3n) is 2.84. The number of ether oxygens (including phenoxy) is 2. The van der Waals surface area contributed by atoms with Crippen LogP contribution in [0.2, 0.25) is 0 Å². The maximum Gasteiger partial charge on any atom is 0.339 e. The molecule has 0 amide bonds. The number of nitriles is 1. The van der Waals surface area contributed by atoms with E-state index in [1.54, 1.807) is 24.3 Å². The van der Waals surface area contributed by atoms with Crippen molar-refractivity contribution in [2.75, 3.05) is 7.11 Å². The lowest BCUT2D eigenvalue weighted by atomic mass is 10.1. The second kappa shape index (κ2) is 5.97. The molecule has 0 aromatic heterocycles. The van der Waals surface area contributed by atoms with Crippen LogP contribution >= 0.6 is 0 Å². The van der Waals surface area contributed by atoms with Crippen molar-refractivity contribution >= 4 is 5.97 Å². The molecule has 0 unspecified atom stereocenters. The topological polar surface area (TPSA) is 79.5 Å². The molecule has 21 heavy (non-hydrogen) atoms. The molecule has 0 aliphatic rings. The highest BCUT2D eigenvalue weighted by molar-refractivity contribution is 5.91. The third kappa shape index (κ3) is 3.31. The van der Waals surface area contributed by atoms with Crippen LogP contribution in [0.15, 0.2) is 36.4 Å². The van der Waals surface area contributed by atoms with Gasteiger partial charge in [0.15, 0.2) is 0 Å². The van der Waals surface area contributed by atoms with Gasteiger partial charge in [0.05, 0.1) is 18.7 Å². The first-order chi connectivity index (χ1) is 10.0. The molecule has 2 rings (SSSR count). The summed E-state index contributed by atoms with van der Waals surface area (Å²) in [6.45, 7) is 1.84. The molecule has 106 valence electrons. The van der Waals surface area contributed by atoms with Gasteiger partial charge in [0, 0.05) is 6.07 Å². The van der Waals surface area contributed by atoms with Gasteiger partial charge in [-0.3, -0.25) is 0 Å². The predicted octanol–water partition coefficient (Wildman–Crippen LogP) is 3.37. The van der Waals surface area contributed by atoms with Crippen molar-refractivity contribution in [3.63, 3.8) is 0 Å². The number of hydrogen-bond donors (Lipinski definition) is 1. The number of carbonyl (C=O) groups is 1. The van der Waals surface area contributed by atoms with Gasteiger partial charge in [-0.25, -0.2) is 4.79 Å². The number of methoxy groups -OCH3 is 1. The third-order valence-corrected chi connectivity index (χ3v) is 2.84. The van der Waals surface area contributed by atoms with Crippen molar-refractivity contribution in [3.05, 3.63) is 53.1 Å². The number of benzene rings is 2. The summed E-state index contributed by atoms with van der Waals surface area (Å²) in [5.74, 6) is -0.0411. The van der Waals surface area contributed by atoms with Crippen molar-refractivity contribution in [2.45, 2.75) is 6.92 Å². The molecule has 0 saturated carbocycles. The smallest absolute Gasteiger partial charge is 0.339 e. The van der Waals surface area contributed by atoms with Gasteiger partial charge in [-0.1, -0.05) is 6.07 Å². The van der Waals surface area contributed by atoms with Crippen LogP contribution in [0.3, 0.4) is 0 Å². The zero-order valence-electron chi connectivity index (χ0n) is 11.6. The lowest BCUT2D eigenvalue weighted by molar-refractivity contribution is 0.0694. The fraction of sp³-hybridized carbons (Fsp3) is 0.125. The minimum absolute atomic E-state index is 0.0573. The molecule has 0 atom stereocenters. The molecule has 1 N–H and O–H groups in total. The Balaban J connectivity index is 2.45. The standard InChI is InChI=1S/C16H13NO4/c1-10-3-4-14(16(18)19)15(5-10)21-13-7-11(9-17)6-12(8-13)20-2/h3-8H,1-2H3,(H,18,19). The van der Waals surface area contributed by atoms with Crippen LogP contribution in [-0.2, 0) is 0 Å². The van der Waals surface area contributed by atoms with Crippen molar-refractivity contribution in [3.8, 4) is 23.3 Å². The summed E-state index contributed by atoms with van der Waals surface area (Å²) < 4.78 is 10.7. The minimum Gasteiger partial charge on any atom is -0.497 e. The van der Waals surface area contributed by atoms with E-state index in [9.17, 15) is 9.90 Å². The normalized spacial score (nSPS) is 9.76. The van der Waals surface area contributed by atoms with Crippen LogP contribution in [0, 0.1) is 18.3 Å². The van der Waals surface area contributed by atoms with Gasteiger partial charge in [0.2, 0.25) is 0 Å². The number of carboxylic acid groups (broad SMARTS) is 1. The molecule has 0 radical (unpaired) electrons. The summed E-state index contributed by atoms with van der Waals surface area (Å²) >= 11 is 0. The van der Waals surface area contributed by atoms with E-state index in [0.717, 1.165) is 5.56 Å². The van der Waals surface area contributed by atoms with E-state index < -0.39 is 5.97 Å². The number of rotatable bonds is 4. The van der Waals surface area contributed by atoms with Gasteiger partial charge in [0.25, 0.3) is 0 Å². The Hall–Kier alpha value is -3.00. The highest BCUT2D eigenvalue weighted by atomic mass is 16.5. The van der Waals surface area contributed by atoms with Gasteiger partial charge in [0.1, 0.15) is 22.8 Å². The molecular weight excluding hydrogens is 270 g/mol. The molecule has 0 bridgehead atoms. The Morgan fingerprint density at radius 3 is 2.52 bits per heavy atom. The van der Waals surface area contributed by atoms with Crippen LogP contribution in [0.1, 0.15) is 21.5 Å². The average molecular weight is 283 g/mol. The highest BCUT2D eigenvalue weighted by Gasteiger charge is 2.13. The SMILES string of the molecule is COc1cc(C#N)cc(Oc2cc(C)ccc2C(=O)O)c1. The van der Waals surface area contributed by atoms with Crippen molar-refractivity contribution < 1.29 is 19.4 Å². The molecule has 0 spiro atoms. The first kappa shape index (κ1) is 14.4. The van der Waals surface area contributed by atoms with Crippen molar-refractivity contribution in [1.82, 2.24) is 0 Å². The Morgan fingerprint density at radius 1 is 1.19 bits per heavy atom. The fourth-order valence-corrected chi connectivity index (χ4v) is 1.83. The first-order valence-electron chi connectivity index (χ1n) is 6.14. The monoisotopic (exact) mass is 283 g/mol. The number of aryl methyl sites for hydroxylation is 1. The van der Waals surface area contributed by atoms with Crippen LogP contribution in [0.25, 0.3) is 0 Å². The predicted molar refractivity (Wildman–Crippen MR) is 75.9 cm³/mol. The van der Waals surface area contributed by atoms with Crippen LogP contribution in [0.4, 0.5) is 0 Å². The molecule has 0 aliphatic heterocycles. The quantitative estimate of drug-likeness (QED) is 0.930. The van der Waals surface area contributed by atoms with E-state index in [1.165, 1.54) is 19.2 Å². The first-order valence-corrected chi connectivity index (χ1v) is 6.14. The van der Waals surface area contributed by atoms with Gasteiger partial charge < -0.3 is 14.6 Å². The molecule has 2 aromatic carbocycles. The summed E-state index contributed by atoms with van der Waals surface area (Å²) in [6.07, 6.45) is 0. The number of nitrogens with zero attached hydrogens (tertiary/aromatic N) is 1. The molecular formula is C16H13NO4. The van der Waals surface area contributed by atoms with E-state index in [2.05, 4.69) is 0 Å². The van der Waals surface area contributed by atoms with Gasteiger partial charge in [-0.05, 0) is 36.8 Å². The summed E-state index contributed by atoms with van der Waals surface area (Å²) in [5, 5.41) is 18.2. The maximum atomic E-state index is 11.2. The summed E-state index contributed by atoms with van der Waals surface area (Å²) in [7, 11) is 1.48. The summed E-state index contributed by atoms with van der Waals surface area (Å²) in [6, 6.07) is 11.5. The van der Waals surface area contributed by atoms with Crippen LogP contribution in [0.5, 0.6) is 17.2 Å². The van der Waals surface area contributed by atoms with E-state index in [4.69, 9.17) is 14.7 Å². The van der Waals surface area contributed by atoms with E-state index >= 15 is 0 Å². The van der Waals surface area contributed by atoms with Crippen LogP contribution < -0.4 is 9.47 Å². The second-order valence-electron chi connectivity index (χ2n) is 4.42. The Labute approximate surface area is 122 Å². The van der Waals surface area contributed by atoms with Gasteiger partial charge >= 0.3 is 5.97 Å². The number of carboxylic acids is 1. The second-order valence-corrected chi connectivity index (χ2v) is 4.42. The molecule has 0 fully saturated rings. The maximum absolute atomic E-state index is 11.2. The molecule has 2 aromatic rings. The number of aromatic carboxylic acids is 1. The summed E-state index contributed by atoms with van der Waals surface area (Å²) in [4.78, 5) is 11.2. The Bertz CT molecular complexity index is 732. The van der Waals surface area contributed by atoms with Crippen molar-refractivity contribution in [2.24, 2.45) is 0 Å². The Morgan fingerprint density at radius 2 is 1.90 bits per heavy atom. The summed E-state index contributed by atoms with van der Waals surface area (Å²) in [5.41, 5.74) is 1.30. The molecule has 5 nitrogen and oxygen atoms in total. The highest BCUT2D eigenvalue weighted by Crippen LogP contribution is 2.30. The van der Waals surface area contributed by atoms with Crippen LogP contribution in [-0.4, -0.2) is 18.2 Å². The number of hydrogen-bond acceptors (Lipinski definition) is 4. The lowest BCUT2D eigenvalue weighted by Gasteiger charge is -2.11. The Kier molecular flexibility index (Phi) is 4.10. The van der Waals surface area contributed by atoms with Gasteiger partial charge in [-0.15, -0.1) is 0 Å². The van der Waals surface area contributed by atoms with Crippen molar-refractivity contribution in [1.29, 1.82) is 5.26 Å². The molecule has 0 saturated heterocycles. The fourth-order valence-electron chi connectivity index (χ4n) is 1.83. The van der Waals surface area contributed by atoms with E-state index in [1.807, 2.05) is 13.0 Å². The average Bonchev–Trinajstić information content (AvgIpc) is 2.46. The lowest BCUT2D eigenvalue weighted by Crippen LogP contribution is -2.00. The zero-order chi connectivity index (χ0) is 15.4. The zero-order valence-corrected chi connectivity index (χ0v) is 11.6. The van der Waals surface area contributed by atoms with Gasteiger partial charge in [-0.2, -0.15) is 5.26 Å². The minimum atomic E-state index is -1.08. The molecule has 5 heteroatoms.